The van der Waals surface area contributed by atoms with Crippen LogP contribution in [-0.2, 0) is 11.2 Å². The van der Waals surface area contributed by atoms with Crippen molar-refractivity contribution in [2.75, 3.05) is 0 Å². The van der Waals surface area contributed by atoms with Crippen molar-refractivity contribution in [3.8, 4) is 0 Å². The number of allylic oxidation sites excluding steroid dienone is 3. The number of aryl methyl sites for hydroxylation is 1. The molecule has 0 spiro atoms. The molecule has 0 aliphatic heterocycles. The second kappa shape index (κ2) is 8.42. The monoisotopic (exact) mass is 396 g/mol. The molecule has 2 aromatic rings. The lowest BCUT2D eigenvalue weighted by Gasteiger charge is -2.31. The van der Waals surface area contributed by atoms with Crippen LogP contribution in [-0.4, -0.2) is 17.0 Å². The Balaban J connectivity index is 1.78. The summed E-state index contributed by atoms with van der Waals surface area (Å²) in [6.45, 7) is 0. The maximum atomic E-state index is 12.4. The average molecular weight is 397 g/mol. The van der Waals surface area contributed by atoms with Gasteiger partial charge < -0.3 is 5.73 Å². The molecule has 0 bridgehead atoms. The number of carbonyl (C=O) groups excluding carboxylic acids is 2. The number of benzene rings is 2. The van der Waals surface area contributed by atoms with E-state index in [2.05, 4.69) is 0 Å². The predicted molar refractivity (Wildman–Crippen MR) is 109 cm³/mol. The van der Waals surface area contributed by atoms with Crippen LogP contribution in [0.1, 0.15) is 34.3 Å². The van der Waals surface area contributed by atoms with Crippen molar-refractivity contribution in [1.29, 1.82) is 0 Å². The Labute approximate surface area is 168 Å². The first-order chi connectivity index (χ1) is 13.4. The molecule has 3 rings (SSSR count). The van der Waals surface area contributed by atoms with Crippen molar-refractivity contribution >= 4 is 29.0 Å². The third kappa shape index (κ3) is 4.32. The van der Waals surface area contributed by atoms with Gasteiger partial charge in [-0.2, -0.15) is 0 Å². The van der Waals surface area contributed by atoms with Gasteiger partial charge in [-0.05, 0) is 60.2 Å². The van der Waals surface area contributed by atoms with Crippen molar-refractivity contribution in [3.63, 3.8) is 0 Å². The third-order valence-electron chi connectivity index (χ3n) is 5.10. The van der Waals surface area contributed by atoms with Crippen molar-refractivity contribution in [2.45, 2.75) is 19.3 Å². The minimum absolute atomic E-state index is 0.349. The highest BCUT2D eigenvalue weighted by atomic mass is 35.5. The van der Waals surface area contributed by atoms with Gasteiger partial charge >= 0.3 is 0 Å². The molecule has 5 nitrogen and oxygen atoms in total. The van der Waals surface area contributed by atoms with Gasteiger partial charge in [0, 0.05) is 10.6 Å². The smallest absolute Gasteiger partial charge is 0.274 e. The fourth-order valence-corrected chi connectivity index (χ4v) is 3.51. The molecule has 1 atom stereocenters. The molecule has 0 fully saturated rings. The van der Waals surface area contributed by atoms with E-state index < -0.39 is 11.3 Å². The van der Waals surface area contributed by atoms with Crippen LogP contribution in [0.25, 0.3) is 5.57 Å². The topological polar surface area (TPSA) is 92.4 Å². The van der Waals surface area contributed by atoms with Crippen LogP contribution in [0.2, 0.25) is 5.02 Å². The van der Waals surface area contributed by atoms with Crippen molar-refractivity contribution < 1.29 is 14.8 Å². The zero-order valence-corrected chi connectivity index (χ0v) is 15.9. The largest absolute Gasteiger partial charge is 0.369 e. The Morgan fingerprint density at radius 2 is 1.79 bits per heavy atom. The molecule has 4 N–H and O–H groups in total. The summed E-state index contributed by atoms with van der Waals surface area (Å²) in [6, 6.07) is 14.4. The molecular weight excluding hydrogens is 376 g/mol. The molecule has 144 valence electrons. The highest BCUT2D eigenvalue weighted by molar-refractivity contribution is 6.30. The van der Waals surface area contributed by atoms with Gasteiger partial charge in [0.05, 0.1) is 5.41 Å². The number of carbonyl (C=O) groups is 2. The van der Waals surface area contributed by atoms with Crippen LogP contribution in [0.15, 0.2) is 66.8 Å². The number of hydrogen-bond donors (Lipinski definition) is 3. The van der Waals surface area contributed by atoms with E-state index >= 15 is 0 Å². The fourth-order valence-electron chi connectivity index (χ4n) is 3.39. The molecule has 6 heteroatoms. The van der Waals surface area contributed by atoms with E-state index in [0.717, 1.165) is 16.7 Å². The van der Waals surface area contributed by atoms with Crippen LogP contribution < -0.4 is 11.2 Å². The Kier molecular flexibility index (Phi) is 5.97. The normalized spacial score (nSPS) is 18.4. The number of amides is 2. The van der Waals surface area contributed by atoms with Crippen LogP contribution in [0.3, 0.4) is 0 Å². The van der Waals surface area contributed by atoms with Crippen molar-refractivity contribution in [2.24, 2.45) is 11.1 Å². The summed E-state index contributed by atoms with van der Waals surface area (Å²) in [6.07, 6.45) is 7.46. The SMILES string of the molecule is NC(=O)C1(CCc2ccc(Cl)cc2)C=CC=C(c2ccc(C(=O)NO)cc2)C1. The number of nitrogens with one attached hydrogen (secondary N) is 1. The lowest BCUT2D eigenvalue weighted by Crippen LogP contribution is -2.37. The van der Waals surface area contributed by atoms with E-state index in [4.69, 9.17) is 22.5 Å². The van der Waals surface area contributed by atoms with Gasteiger partial charge in [0.25, 0.3) is 5.91 Å². The minimum atomic E-state index is -0.773. The quantitative estimate of drug-likeness (QED) is 0.510. The van der Waals surface area contributed by atoms with E-state index in [9.17, 15) is 9.59 Å². The molecule has 1 aliphatic carbocycles. The van der Waals surface area contributed by atoms with Gasteiger partial charge in [0.15, 0.2) is 0 Å². The predicted octanol–water partition coefficient (Wildman–Crippen LogP) is 3.91. The third-order valence-corrected chi connectivity index (χ3v) is 5.35. The highest BCUT2D eigenvalue weighted by Crippen LogP contribution is 2.40. The summed E-state index contributed by atoms with van der Waals surface area (Å²) in [5.41, 5.74) is 9.94. The molecular formula is C22H21ClN2O3. The van der Waals surface area contributed by atoms with E-state index in [0.29, 0.717) is 29.8 Å². The molecule has 0 saturated carbocycles. The molecule has 0 radical (unpaired) electrons. The van der Waals surface area contributed by atoms with Crippen LogP contribution in [0, 0.1) is 5.41 Å². The van der Waals surface area contributed by atoms with Gasteiger partial charge in [-0.15, -0.1) is 0 Å². The maximum Gasteiger partial charge on any atom is 0.274 e. The first kappa shape index (κ1) is 19.9. The highest BCUT2D eigenvalue weighted by Gasteiger charge is 2.36. The Morgan fingerprint density at radius 1 is 1.11 bits per heavy atom. The molecule has 1 unspecified atom stereocenters. The zero-order valence-electron chi connectivity index (χ0n) is 15.2. The van der Waals surface area contributed by atoms with Crippen LogP contribution in [0.4, 0.5) is 0 Å². The Hall–Kier alpha value is -2.89. The maximum absolute atomic E-state index is 12.4. The first-order valence-electron chi connectivity index (χ1n) is 8.91. The summed E-state index contributed by atoms with van der Waals surface area (Å²) >= 11 is 5.93. The van der Waals surface area contributed by atoms with Crippen LogP contribution in [0.5, 0.6) is 0 Å². The van der Waals surface area contributed by atoms with E-state index in [1.807, 2.05) is 42.5 Å². The van der Waals surface area contributed by atoms with Gasteiger partial charge in [-0.25, -0.2) is 5.48 Å². The second-order valence-corrected chi connectivity index (χ2v) is 7.33. The van der Waals surface area contributed by atoms with Gasteiger partial charge in [-0.3, -0.25) is 14.8 Å². The van der Waals surface area contributed by atoms with Gasteiger partial charge in [0.1, 0.15) is 0 Å². The molecule has 0 saturated heterocycles. The fraction of sp³-hybridized carbons (Fsp3) is 0.182. The van der Waals surface area contributed by atoms with E-state index in [-0.39, 0.29) is 5.91 Å². The molecule has 2 aromatic carbocycles. The van der Waals surface area contributed by atoms with Crippen LogP contribution >= 0.6 is 11.6 Å². The summed E-state index contributed by atoms with van der Waals surface area (Å²) in [5, 5.41) is 9.40. The summed E-state index contributed by atoms with van der Waals surface area (Å²) < 4.78 is 0. The number of hydrogen-bond acceptors (Lipinski definition) is 3. The molecule has 0 aromatic heterocycles. The summed E-state index contributed by atoms with van der Waals surface area (Å²) in [5.74, 6) is -0.932. The number of rotatable bonds is 6. The second-order valence-electron chi connectivity index (χ2n) is 6.89. The number of halogens is 1. The van der Waals surface area contributed by atoms with Crippen molar-refractivity contribution in [1.82, 2.24) is 5.48 Å². The lowest BCUT2D eigenvalue weighted by atomic mass is 9.72. The first-order valence-corrected chi connectivity index (χ1v) is 9.29. The molecule has 2 amide bonds. The molecule has 0 heterocycles. The number of nitrogens with two attached hydrogens (primary N) is 1. The lowest BCUT2D eigenvalue weighted by molar-refractivity contribution is -0.125. The Morgan fingerprint density at radius 3 is 2.39 bits per heavy atom. The number of hydroxylamine groups is 1. The molecule has 28 heavy (non-hydrogen) atoms. The number of primary amides is 1. The summed E-state index contributed by atoms with van der Waals surface area (Å²) in [4.78, 5) is 23.8. The minimum Gasteiger partial charge on any atom is -0.369 e. The summed E-state index contributed by atoms with van der Waals surface area (Å²) in [7, 11) is 0. The van der Waals surface area contributed by atoms with Gasteiger partial charge in [0.2, 0.25) is 5.91 Å². The molecule has 1 aliphatic rings. The average Bonchev–Trinajstić information content (AvgIpc) is 2.73. The van der Waals surface area contributed by atoms with Crippen molar-refractivity contribution in [3.05, 3.63) is 88.5 Å². The standard InChI is InChI=1S/C22H21ClN2O3/c23-19-9-3-15(4-10-19)11-13-22(21(24)27)12-1-2-18(14-22)16-5-7-17(8-6-16)20(26)25-28/h1-10,12,28H,11,13-14H2,(H2,24,27)(H,25,26). The Bertz CT molecular complexity index is 933. The van der Waals surface area contributed by atoms with E-state index in [1.165, 1.54) is 0 Å². The van der Waals surface area contributed by atoms with Gasteiger partial charge in [-0.1, -0.05) is 54.1 Å². The zero-order chi connectivity index (χ0) is 20.1. The van der Waals surface area contributed by atoms with E-state index in [1.54, 1.807) is 29.7 Å².